The van der Waals surface area contributed by atoms with Gasteiger partial charge in [0.15, 0.2) is 0 Å². The van der Waals surface area contributed by atoms with E-state index in [1.807, 2.05) is 6.08 Å². The first-order valence-electron chi connectivity index (χ1n) is 39.9. The van der Waals surface area contributed by atoms with Crippen LogP contribution in [0.1, 0.15) is 438 Å². The Morgan fingerprint density at radius 2 is 0.568 bits per heavy atom. The van der Waals surface area contributed by atoms with Gasteiger partial charge in [0.2, 0.25) is 5.91 Å². The Balaban J connectivity index is 3.42. The average molecular weight is 1240 g/mol. The summed E-state index contributed by atoms with van der Waals surface area (Å²) in [5, 5.41) is 23.3. The number of hydrogen-bond acceptors (Lipinski definition) is 5. The van der Waals surface area contributed by atoms with Gasteiger partial charge in [0, 0.05) is 12.8 Å². The van der Waals surface area contributed by atoms with Crippen LogP contribution in [0.4, 0.5) is 0 Å². The highest BCUT2D eigenvalue weighted by Gasteiger charge is 2.18. The molecule has 6 nitrogen and oxygen atoms in total. The number of aliphatic hydroxyl groups excluding tert-OH is 2. The number of ether oxygens (including phenoxy) is 1. The van der Waals surface area contributed by atoms with Crippen LogP contribution in [0.3, 0.4) is 0 Å². The number of hydrogen-bond donors (Lipinski definition) is 3. The smallest absolute Gasteiger partial charge is 0.305 e. The summed E-state index contributed by atoms with van der Waals surface area (Å²) >= 11 is 0. The summed E-state index contributed by atoms with van der Waals surface area (Å²) in [6.07, 6.45) is 102. The van der Waals surface area contributed by atoms with E-state index in [1.54, 1.807) is 6.08 Å². The van der Waals surface area contributed by atoms with Gasteiger partial charge >= 0.3 is 5.97 Å². The van der Waals surface area contributed by atoms with Crippen LogP contribution in [0, 0.1) is 0 Å². The fourth-order valence-corrected chi connectivity index (χ4v) is 12.5. The molecule has 1 amide bonds. The molecule has 0 aliphatic heterocycles. The topological polar surface area (TPSA) is 95.9 Å². The van der Waals surface area contributed by atoms with Gasteiger partial charge in [0.05, 0.1) is 25.4 Å². The second-order valence-electron chi connectivity index (χ2n) is 27.4. The molecule has 0 rings (SSSR count). The molecule has 88 heavy (non-hydrogen) atoms. The first-order valence-corrected chi connectivity index (χ1v) is 39.9. The van der Waals surface area contributed by atoms with Crippen LogP contribution in [-0.4, -0.2) is 47.4 Å². The highest BCUT2D eigenvalue weighted by atomic mass is 16.5. The molecule has 0 aliphatic rings. The van der Waals surface area contributed by atoms with Crippen molar-refractivity contribution in [1.82, 2.24) is 5.32 Å². The minimum absolute atomic E-state index is 0.0119. The molecule has 0 spiro atoms. The van der Waals surface area contributed by atoms with E-state index in [9.17, 15) is 19.8 Å². The molecule has 2 unspecified atom stereocenters. The standard InChI is InChI=1S/C82H155NO5/c1-3-5-7-9-11-13-15-17-19-21-23-24-32-35-39-42-46-50-54-58-62-66-70-74-80(85)79(78-84)83-81(86)75-71-67-63-59-55-51-47-43-40-36-33-30-28-26-25-27-29-31-34-37-41-45-49-53-57-61-65-69-73-77-88-82(87)76-72-68-64-60-56-52-48-44-38-22-20-18-16-14-12-10-8-6-4-2/h18,20,25,27,31,34,70,74,79-80,84-85H,3-17,19,21-24,26,28-30,32-33,35-69,71-73,75-78H2,1-2H3,(H,83,86)/b20-18-,27-25-,34-31-,74-70+. The van der Waals surface area contributed by atoms with Crippen LogP contribution < -0.4 is 5.32 Å². The normalized spacial score (nSPS) is 12.7. The molecule has 0 aromatic rings. The van der Waals surface area contributed by atoms with Gasteiger partial charge in [-0.2, -0.15) is 0 Å². The van der Waals surface area contributed by atoms with Gasteiger partial charge in [-0.3, -0.25) is 9.59 Å². The van der Waals surface area contributed by atoms with Crippen molar-refractivity contribution < 1.29 is 24.5 Å². The number of carbonyl (C=O) groups is 2. The fraction of sp³-hybridized carbons (Fsp3) is 0.878. The van der Waals surface area contributed by atoms with Crippen LogP contribution in [0.2, 0.25) is 0 Å². The van der Waals surface area contributed by atoms with Crippen molar-refractivity contribution in [2.45, 2.75) is 450 Å². The Hall–Kier alpha value is -2.18. The molecule has 0 saturated carbocycles. The molecule has 2 atom stereocenters. The van der Waals surface area contributed by atoms with Gasteiger partial charge in [0.25, 0.3) is 0 Å². The van der Waals surface area contributed by atoms with Crippen LogP contribution in [0.25, 0.3) is 0 Å². The zero-order chi connectivity index (χ0) is 63.5. The Labute approximate surface area is 550 Å². The predicted octanol–water partition coefficient (Wildman–Crippen LogP) is 26.4. The van der Waals surface area contributed by atoms with Crippen molar-refractivity contribution >= 4 is 11.9 Å². The third-order valence-corrected chi connectivity index (χ3v) is 18.6. The van der Waals surface area contributed by atoms with E-state index in [2.05, 4.69) is 55.6 Å². The van der Waals surface area contributed by atoms with Crippen molar-refractivity contribution in [1.29, 1.82) is 0 Å². The van der Waals surface area contributed by atoms with E-state index in [4.69, 9.17) is 4.74 Å². The van der Waals surface area contributed by atoms with E-state index in [-0.39, 0.29) is 18.5 Å². The van der Waals surface area contributed by atoms with E-state index in [0.29, 0.717) is 19.4 Å². The van der Waals surface area contributed by atoms with Crippen molar-refractivity contribution in [3.05, 3.63) is 48.6 Å². The molecule has 6 heteroatoms. The molecule has 0 aliphatic carbocycles. The van der Waals surface area contributed by atoms with Crippen LogP contribution in [0.15, 0.2) is 48.6 Å². The van der Waals surface area contributed by atoms with Crippen LogP contribution >= 0.6 is 0 Å². The number of allylic oxidation sites excluding steroid dienone is 7. The Morgan fingerprint density at radius 1 is 0.318 bits per heavy atom. The molecule has 0 bridgehead atoms. The van der Waals surface area contributed by atoms with Gasteiger partial charge in [0.1, 0.15) is 0 Å². The molecule has 0 radical (unpaired) electrons. The first kappa shape index (κ1) is 85.8. The Morgan fingerprint density at radius 3 is 0.875 bits per heavy atom. The lowest BCUT2D eigenvalue weighted by atomic mass is 10.0. The summed E-state index contributed by atoms with van der Waals surface area (Å²) < 4.78 is 5.51. The quantitative estimate of drug-likeness (QED) is 0.0320. The van der Waals surface area contributed by atoms with Gasteiger partial charge in [-0.15, -0.1) is 0 Å². The lowest BCUT2D eigenvalue weighted by molar-refractivity contribution is -0.143. The number of rotatable bonds is 75. The lowest BCUT2D eigenvalue weighted by Gasteiger charge is -2.20. The summed E-state index contributed by atoms with van der Waals surface area (Å²) in [6.45, 7) is 4.94. The summed E-state index contributed by atoms with van der Waals surface area (Å²) in [5.41, 5.74) is 0. The molecule has 0 aromatic heterocycles. The molecule has 518 valence electrons. The number of esters is 1. The summed E-state index contributed by atoms with van der Waals surface area (Å²) in [4.78, 5) is 24.7. The first-order chi connectivity index (χ1) is 43.5. The third-order valence-electron chi connectivity index (χ3n) is 18.6. The predicted molar refractivity (Wildman–Crippen MR) is 389 cm³/mol. The molecule has 0 heterocycles. The zero-order valence-electron chi connectivity index (χ0n) is 59.5. The maximum atomic E-state index is 12.5. The summed E-state index contributed by atoms with van der Waals surface area (Å²) in [5.74, 6) is -0.0529. The SMILES string of the molecule is CCCCCCCC/C=C\CCCCCCCCCCCC(=O)OCCCCCCCCCCC/C=C\C/C=C\CCCCCCCCCCCCCCCC(=O)NC(CO)C(O)/C=C/CCCCCCCCCCCCCCCCCCCCCCC. The second-order valence-corrected chi connectivity index (χ2v) is 27.4. The number of aliphatic hydroxyl groups is 2. The fourth-order valence-electron chi connectivity index (χ4n) is 12.5. The molecule has 3 N–H and O–H groups in total. The van der Waals surface area contributed by atoms with Gasteiger partial charge < -0.3 is 20.3 Å². The molecule has 0 aromatic carbocycles. The van der Waals surface area contributed by atoms with E-state index in [1.165, 1.54) is 360 Å². The van der Waals surface area contributed by atoms with Gasteiger partial charge in [-0.1, -0.05) is 383 Å². The summed E-state index contributed by atoms with van der Waals surface area (Å²) in [6, 6.07) is -0.631. The van der Waals surface area contributed by atoms with Gasteiger partial charge in [-0.05, 0) is 89.9 Å². The van der Waals surface area contributed by atoms with Crippen LogP contribution in [-0.2, 0) is 14.3 Å². The third kappa shape index (κ3) is 72.9. The summed E-state index contributed by atoms with van der Waals surface area (Å²) in [7, 11) is 0. The molecular formula is C82H155NO5. The minimum atomic E-state index is -0.848. The highest BCUT2D eigenvalue weighted by Crippen LogP contribution is 2.19. The maximum Gasteiger partial charge on any atom is 0.305 e. The zero-order valence-corrected chi connectivity index (χ0v) is 59.5. The van der Waals surface area contributed by atoms with Gasteiger partial charge in [-0.25, -0.2) is 0 Å². The highest BCUT2D eigenvalue weighted by molar-refractivity contribution is 5.76. The van der Waals surface area contributed by atoms with E-state index >= 15 is 0 Å². The maximum absolute atomic E-state index is 12.5. The van der Waals surface area contributed by atoms with Crippen molar-refractivity contribution in [2.75, 3.05) is 13.2 Å². The van der Waals surface area contributed by atoms with Crippen LogP contribution in [0.5, 0.6) is 0 Å². The van der Waals surface area contributed by atoms with Crippen molar-refractivity contribution in [3.63, 3.8) is 0 Å². The monoisotopic (exact) mass is 1230 g/mol. The number of unbranched alkanes of at least 4 members (excludes halogenated alkanes) is 58. The van der Waals surface area contributed by atoms with E-state index < -0.39 is 12.1 Å². The second kappa shape index (κ2) is 77.3. The Bertz CT molecular complexity index is 1470. The number of amides is 1. The lowest BCUT2D eigenvalue weighted by Crippen LogP contribution is -2.45. The number of nitrogens with one attached hydrogen (secondary N) is 1. The van der Waals surface area contributed by atoms with E-state index in [0.717, 1.165) is 51.4 Å². The molecule has 0 saturated heterocycles. The largest absolute Gasteiger partial charge is 0.466 e. The van der Waals surface area contributed by atoms with Crippen molar-refractivity contribution in [2.24, 2.45) is 0 Å². The molecule has 0 fully saturated rings. The number of carbonyl (C=O) groups excluding carboxylic acids is 2. The Kier molecular flexibility index (Phi) is 75.4. The van der Waals surface area contributed by atoms with Crippen molar-refractivity contribution in [3.8, 4) is 0 Å². The molecular weight excluding hydrogens is 1080 g/mol. The minimum Gasteiger partial charge on any atom is -0.466 e. The average Bonchev–Trinajstić information content (AvgIpc) is 3.58.